The molecule has 2 heterocycles. The Kier molecular flexibility index (Phi) is 5.79. The number of hydrogen-bond acceptors (Lipinski definition) is 4. The van der Waals surface area contributed by atoms with Gasteiger partial charge < -0.3 is 20.5 Å². The zero-order valence-electron chi connectivity index (χ0n) is 11.8. The lowest BCUT2D eigenvalue weighted by atomic mass is 9.94. The second-order valence-corrected chi connectivity index (χ2v) is 5.72. The lowest BCUT2D eigenvalue weighted by molar-refractivity contribution is -0.149. The molecule has 0 radical (unpaired) electrons. The largest absolute Gasteiger partial charge is 0.479 e. The molecule has 0 aromatic rings. The van der Waals surface area contributed by atoms with Gasteiger partial charge in [0.05, 0.1) is 6.10 Å². The molecule has 6 heteroatoms. The molecular formula is C14H24N2O4. The summed E-state index contributed by atoms with van der Waals surface area (Å²) in [4.78, 5) is 22.5. The topological polar surface area (TPSA) is 87.7 Å². The number of carbonyl (C=O) groups is 2. The molecule has 2 saturated heterocycles. The second kappa shape index (κ2) is 7.59. The van der Waals surface area contributed by atoms with Gasteiger partial charge in [-0.2, -0.15) is 0 Å². The standard InChI is InChI=1S/C14H24N2O4/c17-13(6-3-10-2-1-7-15-8-10)16-9-11-4-5-12(20-11)14(18)19/h10-12,15H,1-9H2,(H,16,17)(H,18,19). The van der Waals surface area contributed by atoms with Gasteiger partial charge in [0.25, 0.3) is 0 Å². The molecule has 3 unspecified atom stereocenters. The molecule has 2 rings (SSSR count). The highest BCUT2D eigenvalue weighted by atomic mass is 16.5. The van der Waals surface area contributed by atoms with Gasteiger partial charge in [-0.1, -0.05) is 0 Å². The van der Waals surface area contributed by atoms with Crippen LogP contribution in [0.4, 0.5) is 0 Å². The summed E-state index contributed by atoms with van der Waals surface area (Å²) in [6, 6.07) is 0. The summed E-state index contributed by atoms with van der Waals surface area (Å²) in [7, 11) is 0. The maximum Gasteiger partial charge on any atom is 0.332 e. The summed E-state index contributed by atoms with van der Waals surface area (Å²) in [6.07, 6.45) is 4.23. The van der Waals surface area contributed by atoms with Crippen molar-refractivity contribution in [2.45, 2.75) is 50.7 Å². The van der Waals surface area contributed by atoms with Gasteiger partial charge in [0.2, 0.25) is 5.91 Å². The van der Waals surface area contributed by atoms with Crippen molar-refractivity contribution >= 4 is 11.9 Å². The number of carboxylic acids is 1. The molecule has 2 aliphatic heterocycles. The molecule has 0 spiro atoms. The molecule has 0 saturated carbocycles. The Hall–Kier alpha value is -1.14. The summed E-state index contributed by atoms with van der Waals surface area (Å²) in [5.74, 6) is -0.268. The zero-order valence-corrected chi connectivity index (χ0v) is 11.8. The van der Waals surface area contributed by atoms with Crippen LogP contribution in [0.1, 0.15) is 38.5 Å². The van der Waals surface area contributed by atoms with E-state index >= 15 is 0 Å². The maximum atomic E-state index is 11.8. The highest BCUT2D eigenvalue weighted by molar-refractivity contribution is 5.76. The molecule has 0 bridgehead atoms. The molecule has 0 aromatic carbocycles. The van der Waals surface area contributed by atoms with Crippen LogP contribution >= 0.6 is 0 Å². The predicted molar refractivity (Wildman–Crippen MR) is 73.4 cm³/mol. The van der Waals surface area contributed by atoms with Crippen molar-refractivity contribution in [3.63, 3.8) is 0 Å². The summed E-state index contributed by atoms with van der Waals surface area (Å²) in [5, 5.41) is 15.0. The number of rotatable bonds is 6. The van der Waals surface area contributed by atoms with Crippen molar-refractivity contribution in [3.05, 3.63) is 0 Å². The summed E-state index contributed by atoms with van der Waals surface area (Å²) >= 11 is 0. The van der Waals surface area contributed by atoms with Crippen LogP contribution in [-0.4, -0.2) is 48.8 Å². The number of carboxylic acid groups (broad SMARTS) is 1. The summed E-state index contributed by atoms with van der Waals surface area (Å²) in [6.45, 7) is 2.53. The third kappa shape index (κ3) is 4.76. The molecule has 2 fully saturated rings. The van der Waals surface area contributed by atoms with Crippen molar-refractivity contribution in [2.75, 3.05) is 19.6 Å². The van der Waals surface area contributed by atoms with Crippen molar-refractivity contribution in [1.82, 2.24) is 10.6 Å². The van der Waals surface area contributed by atoms with Gasteiger partial charge in [-0.05, 0) is 51.1 Å². The average molecular weight is 284 g/mol. The number of aliphatic carboxylic acids is 1. The Labute approximate surface area is 119 Å². The normalized spacial score (nSPS) is 30.1. The first-order valence-electron chi connectivity index (χ1n) is 7.51. The van der Waals surface area contributed by atoms with Crippen LogP contribution in [0.15, 0.2) is 0 Å². The summed E-state index contributed by atoms with van der Waals surface area (Å²) in [5.41, 5.74) is 0. The molecule has 6 nitrogen and oxygen atoms in total. The van der Waals surface area contributed by atoms with Crippen LogP contribution in [-0.2, 0) is 14.3 Å². The molecule has 3 atom stereocenters. The van der Waals surface area contributed by atoms with E-state index in [1.54, 1.807) is 0 Å². The molecule has 3 N–H and O–H groups in total. The van der Waals surface area contributed by atoms with Crippen LogP contribution in [0.2, 0.25) is 0 Å². The monoisotopic (exact) mass is 284 g/mol. The fourth-order valence-corrected chi connectivity index (χ4v) is 2.86. The van der Waals surface area contributed by atoms with Crippen LogP contribution in [0.5, 0.6) is 0 Å². The average Bonchev–Trinajstić information content (AvgIpc) is 2.93. The van der Waals surface area contributed by atoms with E-state index in [0.717, 1.165) is 19.5 Å². The Morgan fingerprint density at radius 3 is 2.80 bits per heavy atom. The van der Waals surface area contributed by atoms with E-state index in [4.69, 9.17) is 9.84 Å². The van der Waals surface area contributed by atoms with Gasteiger partial charge in [0, 0.05) is 13.0 Å². The zero-order chi connectivity index (χ0) is 14.4. The summed E-state index contributed by atoms with van der Waals surface area (Å²) < 4.78 is 5.34. The van der Waals surface area contributed by atoms with Gasteiger partial charge in [-0.3, -0.25) is 4.79 Å². The number of nitrogens with one attached hydrogen (secondary N) is 2. The molecule has 1 amide bonds. The van der Waals surface area contributed by atoms with Crippen LogP contribution in [0.3, 0.4) is 0 Å². The third-order valence-corrected chi connectivity index (χ3v) is 4.09. The Morgan fingerprint density at radius 1 is 1.30 bits per heavy atom. The molecule has 2 aliphatic rings. The highest BCUT2D eigenvalue weighted by Crippen LogP contribution is 2.19. The fraction of sp³-hybridized carbons (Fsp3) is 0.857. The third-order valence-electron chi connectivity index (χ3n) is 4.09. The smallest absolute Gasteiger partial charge is 0.332 e. The van der Waals surface area contributed by atoms with Crippen molar-refractivity contribution in [3.8, 4) is 0 Å². The van der Waals surface area contributed by atoms with Gasteiger partial charge in [-0.15, -0.1) is 0 Å². The van der Waals surface area contributed by atoms with Crippen molar-refractivity contribution in [1.29, 1.82) is 0 Å². The lowest BCUT2D eigenvalue weighted by Crippen LogP contribution is -2.34. The first-order valence-corrected chi connectivity index (χ1v) is 7.51. The first-order chi connectivity index (χ1) is 9.65. The van der Waals surface area contributed by atoms with Gasteiger partial charge in [-0.25, -0.2) is 4.79 Å². The minimum atomic E-state index is -0.913. The molecule has 114 valence electrons. The van der Waals surface area contributed by atoms with E-state index in [1.807, 2.05) is 0 Å². The minimum absolute atomic E-state index is 0.0398. The number of hydrogen-bond donors (Lipinski definition) is 3. The van der Waals surface area contributed by atoms with E-state index in [2.05, 4.69) is 10.6 Å². The number of ether oxygens (including phenoxy) is 1. The Balaban J connectivity index is 1.57. The van der Waals surface area contributed by atoms with Gasteiger partial charge in [0.15, 0.2) is 6.10 Å². The number of piperidine rings is 1. The SMILES string of the molecule is O=C(CCC1CCCNC1)NCC1CCC(C(=O)O)O1. The highest BCUT2D eigenvalue weighted by Gasteiger charge is 2.30. The Morgan fingerprint density at radius 2 is 2.15 bits per heavy atom. The van der Waals surface area contributed by atoms with Crippen LogP contribution < -0.4 is 10.6 Å². The molecular weight excluding hydrogens is 260 g/mol. The second-order valence-electron chi connectivity index (χ2n) is 5.72. The van der Waals surface area contributed by atoms with Crippen molar-refractivity contribution < 1.29 is 19.4 Å². The van der Waals surface area contributed by atoms with E-state index in [9.17, 15) is 9.59 Å². The molecule has 0 aromatic heterocycles. The van der Waals surface area contributed by atoms with E-state index in [1.165, 1.54) is 12.8 Å². The fourth-order valence-electron chi connectivity index (χ4n) is 2.86. The lowest BCUT2D eigenvalue weighted by Gasteiger charge is -2.22. The Bertz CT molecular complexity index is 342. The van der Waals surface area contributed by atoms with E-state index in [0.29, 0.717) is 31.7 Å². The number of amides is 1. The quantitative estimate of drug-likeness (QED) is 0.661. The first kappa shape index (κ1) is 15.3. The van der Waals surface area contributed by atoms with E-state index in [-0.39, 0.29) is 12.0 Å². The van der Waals surface area contributed by atoms with Gasteiger partial charge in [0.1, 0.15) is 0 Å². The van der Waals surface area contributed by atoms with Crippen LogP contribution in [0, 0.1) is 5.92 Å². The molecule has 0 aliphatic carbocycles. The molecule has 20 heavy (non-hydrogen) atoms. The number of carbonyl (C=O) groups excluding carboxylic acids is 1. The predicted octanol–water partition coefficient (Wildman–Crippen LogP) is 0.515. The van der Waals surface area contributed by atoms with E-state index < -0.39 is 12.1 Å². The van der Waals surface area contributed by atoms with Gasteiger partial charge >= 0.3 is 5.97 Å². The minimum Gasteiger partial charge on any atom is -0.479 e. The van der Waals surface area contributed by atoms with Crippen molar-refractivity contribution in [2.24, 2.45) is 5.92 Å². The van der Waals surface area contributed by atoms with Crippen LogP contribution in [0.25, 0.3) is 0 Å². The maximum absolute atomic E-state index is 11.8.